The van der Waals surface area contributed by atoms with Crippen LogP contribution < -0.4 is 4.72 Å². The van der Waals surface area contributed by atoms with E-state index in [0.29, 0.717) is 0 Å². The fourth-order valence-corrected chi connectivity index (χ4v) is 2.95. The Bertz CT molecular complexity index is 611. The van der Waals surface area contributed by atoms with Crippen molar-refractivity contribution in [1.29, 1.82) is 0 Å². The molecule has 0 aliphatic heterocycles. The van der Waals surface area contributed by atoms with Crippen LogP contribution in [0.4, 0.5) is 0 Å². The lowest BCUT2D eigenvalue weighted by atomic mass is 10.1. The number of benzene rings is 1. The van der Waals surface area contributed by atoms with E-state index in [1.165, 1.54) is 7.11 Å². The van der Waals surface area contributed by atoms with Crippen molar-refractivity contribution in [1.82, 2.24) is 4.72 Å². The number of hydrogen-bond donors (Lipinski definition) is 3. The maximum atomic E-state index is 12.2. The normalized spacial score (nSPS) is 13.1. The van der Waals surface area contributed by atoms with Gasteiger partial charge in [0.05, 0.1) is 12.0 Å². The van der Waals surface area contributed by atoms with Crippen molar-refractivity contribution in [2.24, 2.45) is 5.92 Å². The molecule has 118 valence electrons. The van der Waals surface area contributed by atoms with Gasteiger partial charge in [-0.3, -0.25) is 4.79 Å². The quantitative estimate of drug-likeness (QED) is 0.532. The highest BCUT2D eigenvalue weighted by atomic mass is 32.2. The molecule has 3 N–H and O–H groups in total. The minimum Gasteiger partial charge on any atom is -0.504 e. The fourth-order valence-electron chi connectivity index (χ4n) is 1.73. The number of nitrogens with one attached hydrogen (secondary N) is 1. The molecule has 1 aromatic carbocycles. The van der Waals surface area contributed by atoms with Crippen LogP contribution >= 0.6 is 0 Å². The number of aromatic hydroxyl groups is 2. The van der Waals surface area contributed by atoms with Gasteiger partial charge in [0.15, 0.2) is 11.5 Å². The molecule has 0 amide bonds. The number of esters is 1. The van der Waals surface area contributed by atoms with E-state index >= 15 is 0 Å². The molecule has 0 bridgehead atoms. The van der Waals surface area contributed by atoms with Gasteiger partial charge in [-0.05, 0) is 24.5 Å². The van der Waals surface area contributed by atoms with E-state index in [0.717, 1.165) is 18.2 Å². The van der Waals surface area contributed by atoms with Gasteiger partial charge in [-0.25, -0.2) is 8.42 Å². The summed E-state index contributed by atoms with van der Waals surface area (Å²) in [5, 5.41) is 18.6. The molecule has 1 rings (SSSR count). The summed E-state index contributed by atoms with van der Waals surface area (Å²) in [6, 6.07) is 2.07. The summed E-state index contributed by atoms with van der Waals surface area (Å²) in [6.07, 6.45) is 0.274. The fraction of sp³-hybridized carbons (Fsp3) is 0.462. The Morgan fingerprint density at radius 2 is 1.90 bits per heavy atom. The largest absolute Gasteiger partial charge is 0.504 e. The van der Waals surface area contributed by atoms with Gasteiger partial charge in [-0.2, -0.15) is 4.72 Å². The van der Waals surface area contributed by atoms with Crippen LogP contribution in [0.3, 0.4) is 0 Å². The summed E-state index contributed by atoms with van der Waals surface area (Å²) in [5.41, 5.74) is 0. The van der Waals surface area contributed by atoms with Crippen LogP contribution in [-0.2, 0) is 19.6 Å². The van der Waals surface area contributed by atoms with Crippen molar-refractivity contribution in [2.45, 2.75) is 31.2 Å². The zero-order chi connectivity index (χ0) is 16.2. The molecule has 0 aliphatic rings. The Morgan fingerprint density at radius 3 is 2.38 bits per heavy atom. The van der Waals surface area contributed by atoms with Crippen molar-refractivity contribution in [2.75, 3.05) is 7.11 Å². The Balaban J connectivity index is 3.05. The second-order valence-corrected chi connectivity index (χ2v) is 6.69. The van der Waals surface area contributed by atoms with Gasteiger partial charge < -0.3 is 14.9 Å². The van der Waals surface area contributed by atoms with Crippen molar-refractivity contribution in [3.05, 3.63) is 18.2 Å². The third kappa shape index (κ3) is 4.61. The third-order valence-corrected chi connectivity index (χ3v) is 4.22. The van der Waals surface area contributed by atoms with Crippen molar-refractivity contribution >= 4 is 16.0 Å². The van der Waals surface area contributed by atoms with Gasteiger partial charge in [0, 0.05) is 6.07 Å². The van der Waals surface area contributed by atoms with E-state index in [1.807, 2.05) is 13.8 Å². The lowest BCUT2D eigenvalue weighted by Gasteiger charge is -2.18. The summed E-state index contributed by atoms with van der Waals surface area (Å²) in [7, 11) is -2.84. The van der Waals surface area contributed by atoms with E-state index in [4.69, 9.17) is 0 Å². The Labute approximate surface area is 123 Å². The lowest BCUT2D eigenvalue weighted by Crippen LogP contribution is -2.42. The van der Waals surface area contributed by atoms with Crippen LogP contribution in [0.1, 0.15) is 20.3 Å². The maximum Gasteiger partial charge on any atom is 0.323 e. The first-order valence-corrected chi connectivity index (χ1v) is 7.78. The molecular formula is C13H19NO6S. The standard InChI is InChI=1S/C13H19NO6S/c1-8(2)6-10(13(17)20-3)14-21(18,19)9-4-5-11(15)12(16)7-9/h4-5,7-8,10,14-16H,6H2,1-3H3/t10-/m0/s1. The van der Waals surface area contributed by atoms with E-state index in [2.05, 4.69) is 9.46 Å². The van der Waals surface area contributed by atoms with Gasteiger partial charge in [0.25, 0.3) is 0 Å². The monoisotopic (exact) mass is 317 g/mol. The number of ether oxygens (including phenoxy) is 1. The second kappa shape index (κ2) is 6.77. The average molecular weight is 317 g/mol. The van der Waals surface area contributed by atoms with Crippen LogP contribution in [0.25, 0.3) is 0 Å². The van der Waals surface area contributed by atoms with Crippen LogP contribution in [-0.4, -0.2) is 37.8 Å². The highest BCUT2D eigenvalue weighted by Crippen LogP contribution is 2.27. The highest BCUT2D eigenvalue weighted by Gasteiger charge is 2.27. The number of rotatable bonds is 6. The van der Waals surface area contributed by atoms with Gasteiger partial charge in [-0.1, -0.05) is 13.8 Å². The smallest absolute Gasteiger partial charge is 0.323 e. The number of sulfonamides is 1. The first-order chi connectivity index (χ1) is 9.67. The minimum absolute atomic E-state index is 0.0741. The number of methoxy groups -OCH3 is 1. The van der Waals surface area contributed by atoms with Crippen molar-refractivity contribution in [3.8, 4) is 11.5 Å². The number of carbonyl (C=O) groups excluding carboxylic acids is 1. The number of hydrogen-bond acceptors (Lipinski definition) is 6. The van der Waals surface area contributed by atoms with Crippen LogP contribution in [0.2, 0.25) is 0 Å². The zero-order valence-corrected chi connectivity index (χ0v) is 12.8. The molecule has 0 heterocycles. The predicted molar refractivity (Wildman–Crippen MR) is 75.4 cm³/mol. The minimum atomic E-state index is -4.02. The van der Waals surface area contributed by atoms with E-state index in [-0.39, 0.29) is 17.2 Å². The molecule has 0 spiro atoms. The zero-order valence-electron chi connectivity index (χ0n) is 12.0. The van der Waals surface area contributed by atoms with Crippen molar-refractivity contribution in [3.63, 3.8) is 0 Å². The van der Waals surface area contributed by atoms with E-state index in [1.54, 1.807) is 0 Å². The molecule has 0 unspecified atom stereocenters. The molecule has 0 fully saturated rings. The molecule has 21 heavy (non-hydrogen) atoms. The number of phenols is 2. The van der Waals surface area contributed by atoms with Crippen LogP contribution in [0, 0.1) is 5.92 Å². The summed E-state index contributed by atoms with van der Waals surface area (Å²) >= 11 is 0. The van der Waals surface area contributed by atoms with Crippen molar-refractivity contribution < 1.29 is 28.2 Å². The van der Waals surface area contributed by atoms with Gasteiger partial charge >= 0.3 is 5.97 Å². The SMILES string of the molecule is COC(=O)[C@H](CC(C)C)NS(=O)(=O)c1ccc(O)c(O)c1. The molecule has 1 atom stereocenters. The van der Waals surface area contributed by atoms with Crippen LogP contribution in [0.5, 0.6) is 11.5 Å². The first kappa shape index (κ1) is 17.3. The Kier molecular flexibility index (Phi) is 5.56. The molecular weight excluding hydrogens is 298 g/mol. The number of phenolic OH excluding ortho intramolecular Hbond substituents is 2. The first-order valence-electron chi connectivity index (χ1n) is 6.29. The Hall–Kier alpha value is -1.80. The Morgan fingerprint density at radius 1 is 1.29 bits per heavy atom. The average Bonchev–Trinajstić information content (AvgIpc) is 2.39. The molecule has 0 saturated heterocycles. The summed E-state index contributed by atoms with van der Waals surface area (Å²) in [5.74, 6) is -1.60. The van der Waals surface area contributed by atoms with E-state index in [9.17, 15) is 23.4 Å². The van der Waals surface area contributed by atoms with Gasteiger partial charge in [0.2, 0.25) is 10.0 Å². The number of carbonyl (C=O) groups is 1. The topological polar surface area (TPSA) is 113 Å². The molecule has 0 aromatic heterocycles. The predicted octanol–water partition coefficient (Wildman–Crippen LogP) is 0.964. The molecule has 7 nitrogen and oxygen atoms in total. The molecule has 0 saturated carbocycles. The summed E-state index contributed by atoms with van der Waals surface area (Å²) in [6.45, 7) is 3.69. The van der Waals surface area contributed by atoms with Crippen LogP contribution in [0.15, 0.2) is 23.1 Å². The van der Waals surface area contributed by atoms with Gasteiger partial charge in [0.1, 0.15) is 6.04 Å². The molecule has 0 aliphatic carbocycles. The summed E-state index contributed by atoms with van der Waals surface area (Å²) < 4.78 is 31.2. The lowest BCUT2D eigenvalue weighted by molar-refractivity contribution is -0.143. The summed E-state index contributed by atoms with van der Waals surface area (Å²) in [4.78, 5) is 11.4. The third-order valence-electron chi connectivity index (χ3n) is 2.75. The molecule has 1 aromatic rings. The van der Waals surface area contributed by atoms with Gasteiger partial charge in [-0.15, -0.1) is 0 Å². The molecule has 8 heteroatoms. The second-order valence-electron chi connectivity index (χ2n) is 4.98. The highest BCUT2D eigenvalue weighted by molar-refractivity contribution is 7.89. The van der Waals surface area contributed by atoms with E-state index < -0.39 is 33.5 Å². The maximum absolute atomic E-state index is 12.2. The molecule has 0 radical (unpaired) electrons.